The van der Waals surface area contributed by atoms with Gasteiger partial charge in [-0.05, 0) is 26.7 Å². The second kappa shape index (κ2) is 30.6. The minimum absolute atomic E-state index is 0.00852. The molecule has 0 fully saturated rings. The summed E-state index contributed by atoms with van der Waals surface area (Å²) in [5.41, 5.74) is 0. The maximum absolute atomic E-state index is 12.9. The lowest BCUT2D eigenvalue weighted by molar-refractivity contribution is -0.133. The van der Waals surface area contributed by atoms with Gasteiger partial charge in [0.05, 0.1) is 52.9 Å². The van der Waals surface area contributed by atoms with Gasteiger partial charge in [0.25, 0.3) is 0 Å². The summed E-state index contributed by atoms with van der Waals surface area (Å²) in [6.45, 7) is 9.70. The highest BCUT2D eigenvalue weighted by atomic mass is 16.5. The summed E-state index contributed by atoms with van der Waals surface area (Å²) < 4.78 is 21.9. The van der Waals surface area contributed by atoms with Crippen LogP contribution in [0.2, 0.25) is 0 Å². The van der Waals surface area contributed by atoms with Crippen LogP contribution in [0, 0.1) is 0 Å². The van der Waals surface area contributed by atoms with Gasteiger partial charge in [-0.2, -0.15) is 0 Å². The van der Waals surface area contributed by atoms with E-state index in [1.807, 2.05) is 0 Å². The highest BCUT2D eigenvalue weighted by molar-refractivity contribution is 5.77. The fourth-order valence-electron chi connectivity index (χ4n) is 4.10. The molecular formula is C32H60N2O8. The minimum atomic E-state index is -0.00852. The summed E-state index contributed by atoms with van der Waals surface area (Å²) >= 11 is 0. The zero-order chi connectivity index (χ0) is 31.1. The van der Waals surface area contributed by atoms with Gasteiger partial charge in [-0.3, -0.25) is 19.2 Å². The van der Waals surface area contributed by atoms with E-state index in [1.54, 1.807) is 4.90 Å². The SMILES string of the molecule is CCCCCCCCCCCC(=O)NCCCC(=O)N(CCOCCOCCC(C)=O)CCOCCOCCC(C)=O. The number of unbranched alkanes of at least 4 members (excludes halogenated alkanes) is 8. The van der Waals surface area contributed by atoms with Crippen molar-refractivity contribution in [2.24, 2.45) is 0 Å². The van der Waals surface area contributed by atoms with Crippen molar-refractivity contribution < 1.29 is 38.1 Å². The van der Waals surface area contributed by atoms with Gasteiger partial charge in [-0.25, -0.2) is 0 Å². The van der Waals surface area contributed by atoms with E-state index in [1.165, 1.54) is 58.8 Å². The van der Waals surface area contributed by atoms with E-state index in [-0.39, 0.29) is 23.4 Å². The number of nitrogens with zero attached hydrogens (tertiary/aromatic N) is 1. The van der Waals surface area contributed by atoms with Gasteiger partial charge >= 0.3 is 0 Å². The summed E-state index contributed by atoms with van der Waals surface area (Å²) in [6.07, 6.45) is 13.2. The molecule has 0 spiro atoms. The van der Waals surface area contributed by atoms with Crippen LogP contribution >= 0.6 is 0 Å². The maximum Gasteiger partial charge on any atom is 0.222 e. The number of amides is 2. The Morgan fingerprint density at radius 2 is 0.976 bits per heavy atom. The summed E-state index contributed by atoms with van der Waals surface area (Å²) in [6, 6.07) is 0. The molecule has 0 aromatic rings. The smallest absolute Gasteiger partial charge is 0.222 e. The molecule has 10 heteroatoms. The molecule has 0 heterocycles. The Morgan fingerprint density at radius 1 is 0.524 bits per heavy atom. The van der Waals surface area contributed by atoms with Crippen molar-refractivity contribution in [1.82, 2.24) is 10.2 Å². The highest BCUT2D eigenvalue weighted by Crippen LogP contribution is 2.10. The first-order chi connectivity index (χ1) is 20.4. The van der Waals surface area contributed by atoms with Crippen LogP contribution in [0.1, 0.15) is 111 Å². The van der Waals surface area contributed by atoms with Crippen molar-refractivity contribution in [1.29, 1.82) is 0 Å². The first-order valence-electron chi connectivity index (χ1n) is 16.2. The van der Waals surface area contributed by atoms with E-state index < -0.39 is 0 Å². The number of Topliss-reactive ketones (excluding diaryl/α,β-unsaturated/α-hetero) is 2. The Balaban J connectivity index is 4.16. The van der Waals surface area contributed by atoms with Crippen LogP contribution in [-0.2, 0) is 38.1 Å². The number of hydrogen-bond donors (Lipinski definition) is 1. The van der Waals surface area contributed by atoms with Gasteiger partial charge < -0.3 is 29.2 Å². The number of carbonyl (C=O) groups is 4. The Bertz CT molecular complexity index is 659. The van der Waals surface area contributed by atoms with Crippen molar-refractivity contribution in [2.75, 3.05) is 72.5 Å². The molecule has 0 atom stereocenters. The van der Waals surface area contributed by atoms with Crippen LogP contribution in [0.5, 0.6) is 0 Å². The lowest BCUT2D eigenvalue weighted by atomic mass is 10.1. The van der Waals surface area contributed by atoms with Gasteiger partial charge in [-0.15, -0.1) is 0 Å². The van der Waals surface area contributed by atoms with Crippen LogP contribution in [-0.4, -0.2) is 101 Å². The van der Waals surface area contributed by atoms with E-state index in [0.717, 1.165) is 12.8 Å². The fraction of sp³-hybridized carbons (Fsp3) is 0.875. The first-order valence-corrected chi connectivity index (χ1v) is 16.2. The van der Waals surface area contributed by atoms with E-state index in [9.17, 15) is 19.2 Å². The van der Waals surface area contributed by atoms with Gasteiger partial charge in [-0.1, -0.05) is 58.3 Å². The molecular weight excluding hydrogens is 540 g/mol. The molecule has 0 rings (SSSR count). The van der Waals surface area contributed by atoms with Gasteiger partial charge in [0.15, 0.2) is 0 Å². The molecule has 0 saturated carbocycles. The number of nitrogens with one attached hydrogen (secondary N) is 1. The van der Waals surface area contributed by atoms with Crippen LogP contribution in [0.25, 0.3) is 0 Å². The highest BCUT2D eigenvalue weighted by Gasteiger charge is 2.13. The van der Waals surface area contributed by atoms with Crippen LogP contribution in [0.3, 0.4) is 0 Å². The molecule has 246 valence electrons. The average molecular weight is 601 g/mol. The van der Waals surface area contributed by atoms with Crippen molar-refractivity contribution in [3.63, 3.8) is 0 Å². The Kier molecular flexibility index (Phi) is 29.2. The maximum atomic E-state index is 12.9. The Hall–Kier alpha value is -1.88. The fourth-order valence-corrected chi connectivity index (χ4v) is 4.10. The molecule has 0 bridgehead atoms. The monoisotopic (exact) mass is 600 g/mol. The second-order valence-corrected chi connectivity index (χ2v) is 10.8. The number of hydrogen-bond acceptors (Lipinski definition) is 8. The molecule has 10 nitrogen and oxygen atoms in total. The van der Waals surface area contributed by atoms with Crippen molar-refractivity contribution in [3.05, 3.63) is 0 Å². The minimum Gasteiger partial charge on any atom is -0.379 e. The van der Waals surface area contributed by atoms with Crippen LogP contribution < -0.4 is 5.32 Å². The van der Waals surface area contributed by atoms with E-state index in [2.05, 4.69) is 12.2 Å². The zero-order valence-corrected chi connectivity index (χ0v) is 26.9. The normalized spacial score (nSPS) is 11.0. The van der Waals surface area contributed by atoms with Crippen LogP contribution in [0.15, 0.2) is 0 Å². The molecule has 42 heavy (non-hydrogen) atoms. The molecule has 0 unspecified atom stereocenters. The first kappa shape index (κ1) is 40.1. The van der Waals surface area contributed by atoms with Crippen molar-refractivity contribution >= 4 is 23.4 Å². The summed E-state index contributed by atoms with van der Waals surface area (Å²) in [7, 11) is 0. The third kappa shape index (κ3) is 29.6. The largest absolute Gasteiger partial charge is 0.379 e. The van der Waals surface area contributed by atoms with E-state index >= 15 is 0 Å². The predicted octanol–water partition coefficient (Wildman–Crippen LogP) is 4.66. The molecule has 0 aliphatic rings. The number of rotatable bonds is 32. The molecule has 2 amide bonds. The van der Waals surface area contributed by atoms with Gasteiger partial charge in [0.2, 0.25) is 11.8 Å². The lowest BCUT2D eigenvalue weighted by Gasteiger charge is -2.23. The standard InChI is InChI=1S/C32H60N2O8/c1-4-5-6-7-8-9-10-11-12-14-31(37)33-18-13-15-32(38)34(19-23-41-27-25-39-21-16-29(2)35)20-24-42-28-26-40-22-17-30(3)36/h4-28H2,1-3H3,(H,33,37). The Labute approximate surface area is 254 Å². The van der Waals surface area contributed by atoms with Crippen molar-refractivity contribution in [3.8, 4) is 0 Å². The summed E-state index contributed by atoms with van der Waals surface area (Å²) in [5, 5.41) is 2.94. The summed E-state index contributed by atoms with van der Waals surface area (Å²) in [4.78, 5) is 48.6. The predicted molar refractivity (Wildman–Crippen MR) is 165 cm³/mol. The number of carbonyl (C=O) groups excluding carboxylic acids is 4. The van der Waals surface area contributed by atoms with Crippen LogP contribution in [0.4, 0.5) is 0 Å². The molecule has 0 aromatic carbocycles. The number of ketones is 2. The summed E-state index contributed by atoms with van der Waals surface area (Å²) in [5.74, 6) is 0.229. The molecule has 0 radical (unpaired) electrons. The topological polar surface area (TPSA) is 120 Å². The quantitative estimate of drug-likeness (QED) is 0.111. The molecule has 0 aliphatic carbocycles. The average Bonchev–Trinajstić information content (AvgIpc) is 2.95. The van der Waals surface area contributed by atoms with Crippen molar-refractivity contribution in [2.45, 2.75) is 111 Å². The molecule has 1 N–H and O–H groups in total. The van der Waals surface area contributed by atoms with Gasteiger partial charge in [0.1, 0.15) is 11.6 Å². The van der Waals surface area contributed by atoms with E-state index in [0.29, 0.717) is 105 Å². The third-order valence-electron chi connectivity index (χ3n) is 6.70. The van der Waals surface area contributed by atoms with E-state index in [4.69, 9.17) is 18.9 Å². The Morgan fingerprint density at radius 3 is 1.45 bits per heavy atom. The third-order valence-corrected chi connectivity index (χ3v) is 6.70. The zero-order valence-electron chi connectivity index (χ0n) is 26.9. The molecule has 0 saturated heterocycles. The second-order valence-electron chi connectivity index (χ2n) is 10.8. The molecule has 0 aliphatic heterocycles. The lowest BCUT2D eigenvalue weighted by Crippen LogP contribution is -2.37. The van der Waals surface area contributed by atoms with Gasteiger partial charge in [0, 0.05) is 45.3 Å². The molecule has 0 aromatic heterocycles. The number of ether oxygens (including phenoxy) is 4.